The quantitative estimate of drug-likeness (QED) is 0.181. The first-order valence-corrected chi connectivity index (χ1v) is 13.3. The van der Waals surface area contributed by atoms with Crippen LogP contribution >= 0.6 is 0 Å². The molecule has 0 aromatic heterocycles. The molecule has 6 nitrogen and oxygen atoms in total. The summed E-state index contributed by atoms with van der Waals surface area (Å²) in [4.78, 5) is 0. The van der Waals surface area contributed by atoms with Crippen molar-refractivity contribution in [3.8, 4) is 0 Å². The first kappa shape index (κ1) is 30.8. The molecule has 0 saturated carbocycles. The molecular weight excluding hydrogens is 415 g/mol. The van der Waals surface area contributed by atoms with Crippen LogP contribution in [0.25, 0.3) is 0 Å². The average Bonchev–Trinajstić information content (AvgIpc) is 3.03. The molecule has 0 aliphatic carbocycles. The second-order valence-corrected chi connectivity index (χ2v) is 10.1. The maximum Gasteiger partial charge on any atom is 1.00 e. The van der Waals surface area contributed by atoms with Crippen LogP contribution in [0.2, 0.25) is 0 Å². The number of hydrogen-bond acceptors (Lipinski definition) is 5. The minimum Gasteiger partial charge on any atom is -1.00 e. The van der Waals surface area contributed by atoms with Crippen LogP contribution in [-0.4, -0.2) is 50.4 Å². The standard InChI is InChI=1S/C22H44O6S.Na.H/c1-3-4-5-6-7-8-9-10-11-12-13-16-22(2)27-20-21(28-22)19-26-17-14-15-18-29(23,24)25;;/h21H,3-20H2,1-2H3,(H,23,24,25);;/q;+1;-1. The maximum absolute atomic E-state index is 10.6. The minimum atomic E-state index is -3.87. The normalized spacial score (nSPS) is 21.6. The molecule has 176 valence electrons. The van der Waals surface area contributed by atoms with E-state index in [4.69, 9.17) is 18.8 Å². The molecule has 0 aromatic rings. The van der Waals surface area contributed by atoms with Crippen molar-refractivity contribution in [2.24, 2.45) is 0 Å². The van der Waals surface area contributed by atoms with E-state index < -0.39 is 15.9 Å². The molecule has 0 amide bonds. The zero-order valence-corrected chi connectivity index (χ0v) is 22.5. The predicted molar refractivity (Wildman–Crippen MR) is 118 cm³/mol. The zero-order chi connectivity index (χ0) is 21.4. The second-order valence-electron chi connectivity index (χ2n) is 8.54. The molecule has 1 aliphatic heterocycles. The SMILES string of the molecule is CCCCCCCCCCCCCC1(C)OCC(COCCCCS(=O)(=O)O)O1.[H-].[Na+]. The molecule has 0 bridgehead atoms. The van der Waals surface area contributed by atoms with Gasteiger partial charge in [0.2, 0.25) is 0 Å². The van der Waals surface area contributed by atoms with Gasteiger partial charge in [-0.05, 0) is 26.2 Å². The van der Waals surface area contributed by atoms with E-state index in [1.165, 1.54) is 64.2 Å². The predicted octanol–water partition coefficient (Wildman–Crippen LogP) is 2.62. The Hall–Kier alpha value is 0.790. The van der Waals surface area contributed by atoms with Crippen LogP contribution in [0.3, 0.4) is 0 Å². The van der Waals surface area contributed by atoms with Gasteiger partial charge in [-0.2, -0.15) is 8.42 Å². The molecular formula is C22H45NaO6S. The van der Waals surface area contributed by atoms with E-state index >= 15 is 0 Å². The summed E-state index contributed by atoms with van der Waals surface area (Å²) in [6, 6.07) is 0. The van der Waals surface area contributed by atoms with Crippen LogP contribution in [0.15, 0.2) is 0 Å². The molecule has 8 heteroatoms. The van der Waals surface area contributed by atoms with Crippen molar-refractivity contribution in [3.63, 3.8) is 0 Å². The Morgan fingerprint density at radius 3 is 2.10 bits per heavy atom. The minimum absolute atomic E-state index is 0. The summed E-state index contributed by atoms with van der Waals surface area (Å²) in [5.74, 6) is -0.714. The molecule has 1 fully saturated rings. The Balaban J connectivity index is 0. The van der Waals surface area contributed by atoms with Crippen molar-refractivity contribution in [3.05, 3.63) is 0 Å². The van der Waals surface area contributed by atoms with Crippen LogP contribution < -0.4 is 29.6 Å². The molecule has 0 aromatic carbocycles. The molecule has 30 heavy (non-hydrogen) atoms. The van der Waals surface area contributed by atoms with E-state index in [2.05, 4.69) is 6.92 Å². The van der Waals surface area contributed by atoms with E-state index in [1.807, 2.05) is 6.92 Å². The van der Waals surface area contributed by atoms with Crippen LogP contribution in [0.1, 0.15) is 105 Å². The smallest absolute Gasteiger partial charge is 1.00 e. The van der Waals surface area contributed by atoms with E-state index in [1.54, 1.807) is 0 Å². The summed E-state index contributed by atoms with van der Waals surface area (Å²) in [5, 5.41) is 0. The van der Waals surface area contributed by atoms with Gasteiger partial charge in [0.25, 0.3) is 10.1 Å². The topological polar surface area (TPSA) is 82.1 Å². The second kappa shape index (κ2) is 18.2. The van der Waals surface area contributed by atoms with Crippen molar-refractivity contribution in [1.29, 1.82) is 0 Å². The summed E-state index contributed by atoms with van der Waals surface area (Å²) in [6.07, 6.45) is 16.5. The third kappa shape index (κ3) is 17.4. The molecule has 0 spiro atoms. The molecule has 1 aliphatic rings. The van der Waals surface area contributed by atoms with Gasteiger partial charge in [0, 0.05) is 13.0 Å². The molecule has 2 atom stereocenters. The third-order valence-electron chi connectivity index (χ3n) is 5.47. The van der Waals surface area contributed by atoms with Gasteiger partial charge in [0.05, 0.1) is 19.0 Å². The molecule has 2 unspecified atom stereocenters. The number of rotatable bonds is 19. The largest absolute Gasteiger partial charge is 1.00 e. The molecule has 1 rings (SSSR count). The molecule has 1 saturated heterocycles. The summed E-state index contributed by atoms with van der Waals surface area (Å²) in [6.45, 7) is 5.73. The number of ether oxygens (including phenoxy) is 3. The van der Waals surface area contributed by atoms with E-state index in [9.17, 15) is 8.42 Å². The van der Waals surface area contributed by atoms with Crippen LogP contribution in [0.4, 0.5) is 0 Å². The van der Waals surface area contributed by atoms with Crippen molar-refractivity contribution >= 4 is 10.1 Å². The fraction of sp³-hybridized carbons (Fsp3) is 1.00. The van der Waals surface area contributed by atoms with Gasteiger partial charge in [-0.15, -0.1) is 0 Å². The van der Waals surface area contributed by atoms with Crippen molar-refractivity contribution in [2.45, 2.75) is 116 Å². The first-order valence-electron chi connectivity index (χ1n) is 11.7. The van der Waals surface area contributed by atoms with Gasteiger partial charge in [0.15, 0.2) is 5.79 Å². The zero-order valence-electron chi connectivity index (χ0n) is 20.7. The Labute approximate surface area is 208 Å². The molecule has 0 radical (unpaired) electrons. The van der Waals surface area contributed by atoms with Crippen molar-refractivity contribution < 1.29 is 58.2 Å². The summed E-state index contributed by atoms with van der Waals surface area (Å²) < 4.78 is 47.4. The van der Waals surface area contributed by atoms with Crippen molar-refractivity contribution in [1.82, 2.24) is 0 Å². The van der Waals surface area contributed by atoms with Gasteiger partial charge in [-0.3, -0.25) is 4.55 Å². The van der Waals surface area contributed by atoms with Crippen LogP contribution in [-0.2, 0) is 24.3 Å². The van der Waals surface area contributed by atoms with Gasteiger partial charge < -0.3 is 15.6 Å². The fourth-order valence-electron chi connectivity index (χ4n) is 3.72. The number of unbranched alkanes of at least 4 members (excludes halogenated alkanes) is 11. The van der Waals surface area contributed by atoms with E-state index in [0.717, 1.165) is 12.8 Å². The maximum atomic E-state index is 10.6. The number of hydrogen-bond donors (Lipinski definition) is 1. The average molecular weight is 461 g/mol. The Bertz CT molecular complexity index is 508. The van der Waals surface area contributed by atoms with Gasteiger partial charge >= 0.3 is 29.6 Å². The molecule has 1 N–H and O–H groups in total. The monoisotopic (exact) mass is 460 g/mol. The Morgan fingerprint density at radius 1 is 0.967 bits per heavy atom. The Morgan fingerprint density at radius 2 is 1.53 bits per heavy atom. The third-order valence-corrected chi connectivity index (χ3v) is 6.27. The summed E-state index contributed by atoms with van der Waals surface area (Å²) >= 11 is 0. The summed E-state index contributed by atoms with van der Waals surface area (Å²) in [5.41, 5.74) is 0. The van der Waals surface area contributed by atoms with Crippen LogP contribution in [0.5, 0.6) is 0 Å². The van der Waals surface area contributed by atoms with Gasteiger partial charge in [0.1, 0.15) is 6.10 Å². The molecule has 1 heterocycles. The van der Waals surface area contributed by atoms with Gasteiger partial charge in [-0.1, -0.05) is 71.1 Å². The summed E-state index contributed by atoms with van der Waals surface area (Å²) in [7, 11) is -3.87. The van der Waals surface area contributed by atoms with E-state index in [0.29, 0.717) is 32.7 Å². The van der Waals surface area contributed by atoms with Crippen LogP contribution in [0, 0.1) is 0 Å². The first-order chi connectivity index (χ1) is 13.8. The fourth-order valence-corrected chi connectivity index (χ4v) is 4.29. The van der Waals surface area contributed by atoms with Gasteiger partial charge in [-0.25, -0.2) is 0 Å². The van der Waals surface area contributed by atoms with Crippen molar-refractivity contribution in [2.75, 3.05) is 25.6 Å². The van der Waals surface area contributed by atoms with E-state index in [-0.39, 0.29) is 42.8 Å². The Kier molecular flexibility index (Phi) is 18.7.